The number of fused-ring (bicyclic) bond motifs is 4. The summed E-state index contributed by atoms with van der Waals surface area (Å²) < 4.78 is 18.5. The minimum absolute atomic E-state index is 0.0938. The van der Waals surface area contributed by atoms with Crippen molar-refractivity contribution in [1.29, 1.82) is 0 Å². The zero-order chi connectivity index (χ0) is 61.6. The van der Waals surface area contributed by atoms with Crippen LogP contribution in [-0.2, 0) is 35.3 Å². The minimum atomic E-state index is -0.865. The second-order valence-corrected chi connectivity index (χ2v) is 23.7. The van der Waals surface area contributed by atoms with Gasteiger partial charge in [-0.05, 0) is 123 Å². The van der Waals surface area contributed by atoms with Crippen molar-refractivity contribution in [2.45, 2.75) is 97.1 Å². The highest BCUT2D eigenvalue weighted by Gasteiger charge is 2.37. The predicted octanol–water partition coefficient (Wildman–Crippen LogP) is 8.44. The van der Waals surface area contributed by atoms with E-state index in [2.05, 4.69) is 25.8 Å². The van der Waals surface area contributed by atoms with Gasteiger partial charge < -0.3 is 55.6 Å². The van der Waals surface area contributed by atoms with E-state index in [9.17, 15) is 43.2 Å². The Morgan fingerprint density at radius 1 is 0.884 bits per heavy atom. The van der Waals surface area contributed by atoms with Crippen molar-refractivity contribution in [2.24, 2.45) is 17.6 Å². The van der Waals surface area contributed by atoms with E-state index in [0.29, 0.717) is 67.2 Å². The number of urea groups is 1. The zero-order valence-corrected chi connectivity index (χ0v) is 51.0. The highest BCUT2D eigenvalue weighted by Crippen LogP contribution is 2.49. The van der Waals surface area contributed by atoms with Crippen molar-refractivity contribution in [2.75, 3.05) is 89.2 Å². The number of aromatic amines is 1. The molecule has 0 spiro atoms. The number of aryl methyl sites for hydroxylation is 1. The van der Waals surface area contributed by atoms with Crippen molar-refractivity contribution in [3.05, 3.63) is 94.5 Å². The number of primary amides is 1. The number of anilines is 2. The van der Waals surface area contributed by atoms with Crippen LogP contribution in [-0.4, -0.2) is 163 Å². The molecule has 0 radical (unpaired) electrons. The number of nitrogens with two attached hydrogens (primary N) is 1. The topological polar surface area (TPSA) is 275 Å². The lowest BCUT2D eigenvalue weighted by Crippen LogP contribution is -2.45. The molecule has 6 N–H and O–H groups in total. The van der Waals surface area contributed by atoms with E-state index in [-0.39, 0.29) is 99.2 Å². The number of rotatable bonds is 29. The van der Waals surface area contributed by atoms with E-state index in [4.69, 9.17) is 31.5 Å². The Morgan fingerprint density at radius 2 is 1.60 bits per heavy atom. The Kier molecular flexibility index (Phi) is 22.2. The van der Waals surface area contributed by atoms with Gasteiger partial charge in [-0.15, -0.1) is 22.9 Å². The second-order valence-electron chi connectivity index (χ2n) is 22.5. The van der Waals surface area contributed by atoms with Gasteiger partial charge in [0.05, 0.1) is 16.4 Å². The summed E-state index contributed by atoms with van der Waals surface area (Å²) in [7, 11) is 3.11. The first-order valence-corrected chi connectivity index (χ1v) is 30.7. The molecule has 8 rings (SSSR count). The van der Waals surface area contributed by atoms with Crippen molar-refractivity contribution >= 4 is 109 Å². The van der Waals surface area contributed by atoms with Gasteiger partial charge in [0.2, 0.25) is 11.8 Å². The number of carbonyl (C=O) groups is 9. The lowest BCUT2D eigenvalue weighted by molar-refractivity contribution is -0.137. The van der Waals surface area contributed by atoms with Gasteiger partial charge >= 0.3 is 18.2 Å². The van der Waals surface area contributed by atoms with Gasteiger partial charge in [0.15, 0.2) is 11.5 Å². The van der Waals surface area contributed by atoms with Crippen molar-refractivity contribution in [3.8, 4) is 11.5 Å². The number of likely N-dealkylation sites (N-methyl/N-ethyl adjacent to an activating group) is 2. The van der Waals surface area contributed by atoms with Crippen LogP contribution in [0.15, 0.2) is 72.1 Å². The summed E-state index contributed by atoms with van der Waals surface area (Å²) in [5.74, 6) is -2.05. The molecule has 3 aromatic carbocycles. The molecule has 24 heteroatoms. The molecule has 0 unspecified atom stereocenters. The van der Waals surface area contributed by atoms with Gasteiger partial charge in [0.1, 0.15) is 24.7 Å². The maximum atomic E-state index is 14.4. The summed E-state index contributed by atoms with van der Waals surface area (Å²) in [4.78, 5) is 128. The van der Waals surface area contributed by atoms with Crippen LogP contribution >= 0.6 is 22.9 Å². The number of ether oxygens (including phenoxy) is 3. The van der Waals surface area contributed by atoms with E-state index in [0.717, 1.165) is 62.4 Å². The first-order valence-electron chi connectivity index (χ1n) is 29.3. The van der Waals surface area contributed by atoms with Gasteiger partial charge in [0.25, 0.3) is 17.7 Å². The molecule has 3 aliphatic heterocycles. The summed E-state index contributed by atoms with van der Waals surface area (Å²) in [6.07, 6.45) is 5.69. The third-order valence-electron chi connectivity index (χ3n) is 15.8. The number of benzene rings is 3. The Morgan fingerprint density at radius 3 is 2.30 bits per heavy atom. The van der Waals surface area contributed by atoms with Gasteiger partial charge in [-0.1, -0.05) is 32.4 Å². The highest BCUT2D eigenvalue weighted by molar-refractivity contribution is 7.17. The SMILES string of the molecule is Cc1csc2c(OC(=O)N(C)CCN(C)C(=O)OCc3ccc(NC(=O)[C@H](CCCNC(N)=O)CC(=O)[C@@H](NC(=O)CCCCCN4C(=O)C=CC4=O)C(C)C)cc3)cc3c(c12)[C@@H](CCl)CN3C(=O)c1cc2cc(OCCN3CCCC3)ccc2[nH]1. The normalized spacial score (nSPS) is 15.5. The van der Waals surface area contributed by atoms with Gasteiger partial charge in [-0.25, -0.2) is 14.4 Å². The fourth-order valence-corrected chi connectivity index (χ4v) is 12.2. The van der Waals surface area contributed by atoms with Crippen LogP contribution < -0.4 is 36.1 Å². The Balaban J connectivity index is 0.811. The molecule has 0 bridgehead atoms. The third kappa shape index (κ3) is 16.5. The summed E-state index contributed by atoms with van der Waals surface area (Å²) in [6, 6.07) is 14.4. The standard InChI is InChI=1S/C62H77ClN10O12S/c1-38(2)56(68-51(75)13-7-6-8-25-72-52(76)20-21-53(72)77)49(74)32-41(12-11-22-65-60(64)80)58(78)66-44-16-14-40(15-17-44)36-84-61(81)69(4)26-27-70(5)62(82)85-50-33-48-55(54-39(3)37-86-57(50)54)43(34-63)35-73(48)59(79)47-31-42-30-45(18-19-46(42)67-47)83-29-28-71-23-9-10-24-71/h14-21,30-31,33,37-38,41,43,56,67H,6-13,22-29,32,34-36H2,1-5H3,(H,66,78)(H,68,75)(H3,64,65,80)/t41-,43+,56+/m1/s1. The smallest absolute Gasteiger partial charge is 0.415 e. The molecule has 22 nitrogen and oxygen atoms in total. The van der Waals surface area contributed by atoms with Crippen LogP contribution in [0.4, 0.5) is 25.8 Å². The maximum Gasteiger partial charge on any atom is 0.415 e. The quantitative estimate of drug-likeness (QED) is 0.0171. The number of hydrogen-bond donors (Lipinski definition) is 5. The predicted molar refractivity (Wildman–Crippen MR) is 329 cm³/mol. The van der Waals surface area contributed by atoms with E-state index < -0.39 is 36.1 Å². The fourth-order valence-electron chi connectivity index (χ4n) is 10.9. The lowest BCUT2D eigenvalue weighted by atomic mass is 9.89. The van der Waals surface area contributed by atoms with Gasteiger partial charge in [-0.2, -0.15) is 0 Å². The number of H-pyrrole nitrogens is 1. The molecule has 5 heterocycles. The summed E-state index contributed by atoms with van der Waals surface area (Å²) >= 11 is 8.05. The van der Waals surface area contributed by atoms with E-state index in [1.54, 1.807) is 63.2 Å². The monoisotopic (exact) mass is 1220 g/mol. The average molecular weight is 1220 g/mol. The number of carbonyl (C=O) groups excluding carboxylic acids is 9. The van der Waals surface area contributed by atoms with Crippen molar-refractivity contribution in [1.82, 2.24) is 35.2 Å². The first-order chi connectivity index (χ1) is 41.3. The van der Waals surface area contributed by atoms with Crippen LogP contribution in [0.25, 0.3) is 21.0 Å². The maximum absolute atomic E-state index is 14.4. The highest BCUT2D eigenvalue weighted by atomic mass is 35.5. The number of aromatic nitrogens is 1. The van der Waals surface area contributed by atoms with Crippen LogP contribution in [0, 0.1) is 18.8 Å². The van der Waals surface area contributed by atoms with Crippen LogP contribution in [0.2, 0.25) is 0 Å². The number of Topliss-reactive ketones (excluding diaryl/α,β-unsaturated/α-hetero) is 1. The number of likely N-dealkylation sites (tertiary alicyclic amines) is 1. The number of nitrogens with one attached hydrogen (secondary N) is 4. The molecule has 5 aromatic rings. The number of imide groups is 1. The number of hydrogen-bond acceptors (Lipinski definition) is 14. The largest absolute Gasteiger partial charge is 0.492 e. The molecule has 0 aliphatic carbocycles. The van der Waals surface area contributed by atoms with Crippen molar-refractivity contribution in [3.63, 3.8) is 0 Å². The number of ketones is 1. The molecule has 9 amide bonds. The average Bonchev–Trinajstić information content (AvgIpc) is 1.74. The van der Waals surface area contributed by atoms with E-state index >= 15 is 0 Å². The summed E-state index contributed by atoms with van der Waals surface area (Å²) in [5.41, 5.74) is 9.99. The molecule has 3 aliphatic rings. The third-order valence-corrected chi connectivity index (χ3v) is 17.3. The number of thiophene rings is 1. The molecule has 2 aromatic heterocycles. The molecule has 1 saturated heterocycles. The van der Waals surface area contributed by atoms with E-state index in [1.165, 1.54) is 46.1 Å². The second kappa shape index (κ2) is 29.9. The number of alkyl halides is 1. The number of unbranched alkanes of at least 4 members (excludes halogenated alkanes) is 2. The Bertz CT molecular complexity index is 3320. The number of nitrogens with zero attached hydrogens (tertiary/aromatic N) is 5. The molecular weight excluding hydrogens is 1140 g/mol. The molecular formula is C62H77ClN10O12S. The molecule has 460 valence electrons. The molecule has 0 saturated carbocycles. The summed E-state index contributed by atoms with van der Waals surface area (Å²) in [6.45, 7) is 10.1. The zero-order valence-electron chi connectivity index (χ0n) is 49.4. The van der Waals surface area contributed by atoms with Crippen LogP contribution in [0.1, 0.15) is 105 Å². The van der Waals surface area contributed by atoms with Crippen molar-refractivity contribution < 1.29 is 57.4 Å². The van der Waals surface area contributed by atoms with E-state index in [1.807, 2.05) is 36.6 Å². The fraction of sp³-hybridized carbons (Fsp3) is 0.468. The van der Waals surface area contributed by atoms with Gasteiger partial charge in [-0.3, -0.25) is 38.6 Å². The number of amides is 9. The van der Waals surface area contributed by atoms with Crippen LogP contribution in [0.5, 0.6) is 11.5 Å². The minimum Gasteiger partial charge on any atom is -0.492 e. The number of halogens is 1. The Labute approximate surface area is 509 Å². The van der Waals surface area contributed by atoms with Crippen LogP contribution in [0.3, 0.4) is 0 Å². The lowest BCUT2D eigenvalue weighted by Gasteiger charge is -2.24. The Hall–Kier alpha value is -8.02. The molecule has 86 heavy (non-hydrogen) atoms. The summed E-state index contributed by atoms with van der Waals surface area (Å²) in [5, 5.41) is 11.9. The molecule has 1 fully saturated rings. The van der Waals surface area contributed by atoms with Gasteiger partial charge in [0, 0.05) is 124 Å². The molecule has 3 atom stereocenters. The first kappa shape index (κ1) is 64.0.